The molecule has 0 unspecified atom stereocenters. The molecule has 0 amide bonds. The van der Waals surface area contributed by atoms with E-state index in [0.29, 0.717) is 34.0 Å². The standard InChI is InChI=1S/C49H34N4O/c1-34-28-29-50-48(30-34)53-44-23-9-8-20-42(44)43-27-26-39(32-47(43)53)54-38-19-12-18-37(31-38)51-33-52(46-25-11-10-24-45(46)51)49-40(35-14-4-2-5-15-35)21-13-22-41(49)36-16-6-3-7-17-36/h2-32H,1H3/i1D3,2D,3D,4D,5D,6D,7D,14D,15D,16D,17D. The van der Waals surface area contributed by atoms with Gasteiger partial charge in [-0.15, -0.1) is 0 Å². The SMILES string of the molecule is [2H]c1c([2H])c([2H])c(-c2cccc(-c3c([2H])c([2H])c([2H])c([2H])c3[2H])c2-[n+]2[c-]n(-c3cccc(Oc4ccc5c6ccccc6n(-c6cc(C([2H])([2H])[2H])ccn6)c5c4)c3)c3ccccc32)c([2H])c1[2H]. The Morgan fingerprint density at radius 2 is 1.31 bits per heavy atom. The summed E-state index contributed by atoms with van der Waals surface area (Å²) < 4.78 is 122. The second-order valence-electron chi connectivity index (χ2n) is 12.5. The maximum Gasteiger partial charge on any atom is 0.269 e. The van der Waals surface area contributed by atoms with E-state index in [1.807, 2.05) is 65.2 Å². The lowest BCUT2D eigenvalue weighted by Gasteiger charge is -2.17. The normalized spacial score (nSPS) is 15.1. The molecule has 0 aliphatic rings. The number of aryl methyl sites for hydroxylation is 1. The number of benzene rings is 7. The average Bonchev–Trinajstić information content (AvgIpc) is 3.87. The summed E-state index contributed by atoms with van der Waals surface area (Å²) in [7, 11) is 0. The Bertz CT molecular complexity index is 3550. The minimum absolute atomic E-state index is 0.135. The highest BCUT2D eigenvalue weighted by Gasteiger charge is 2.20. The van der Waals surface area contributed by atoms with E-state index in [2.05, 4.69) is 11.3 Å². The Morgan fingerprint density at radius 3 is 2.09 bits per heavy atom. The molecule has 0 bridgehead atoms. The summed E-state index contributed by atoms with van der Waals surface area (Å²) in [5, 5.41) is 1.85. The van der Waals surface area contributed by atoms with E-state index in [4.69, 9.17) is 22.6 Å². The molecule has 3 aromatic heterocycles. The van der Waals surface area contributed by atoms with Gasteiger partial charge in [-0.2, -0.15) is 0 Å². The fourth-order valence-electron chi connectivity index (χ4n) is 7.00. The van der Waals surface area contributed by atoms with Crippen LogP contribution in [0.5, 0.6) is 11.5 Å². The fraction of sp³-hybridized carbons (Fsp3) is 0.0204. The minimum atomic E-state index is -2.34. The molecule has 10 rings (SSSR count). The van der Waals surface area contributed by atoms with E-state index in [1.54, 1.807) is 63.7 Å². The van der Waals surface area contributed by atoms with E-state index < -0.39 is 67.3 Å². The summed E-state index contributed by atoms with van der Waals surface area (Å²) in [6.07, 6.45) is 4.88. The van der Waals surface area contributed by atoms with Gasteiger partial charge < -0.3 is 4.74 Å². The van der Waals surface area contributed by atoms with Crippen molar-refractivity contribution in [3.8, 4) is 50.9 Å². The first-order valence-corrected chi connectivity index (χ1v) is 17.1. The molecule has 0 radical (unpaired) electrons. The number of imidazole rings is 1. The van der Waals surface area contributed by atoms with Gasteiger partial charge in [0.15, 0.2) is 0 Å². The maximum atomic E-state index is 8.97. The predicted octanol–water partition coefficient (Wildman–Crippen LogP) is 11.6. The number of pyridine rings is 1. The summed E-state index contributed by atoms with van der Waals surface area (Å²) in [4.78, 5) is 4.57. The molecule has 0 fully saturated rings. The molecule has 0 aliphatic carbocycles. The highest BCUT2D eigenvalue weighted by Crippen LogP contribution is 2.37. The second kappa shape index (κ2) is 13.1. The van der Waals surface area contributed by atoms with Crippen molar-refractivity contribution in [1.29, 1.82) is 0 Å². The number of para-hydroxylation sites is 4. The van der Waals surface area contributed by atoms with E-state index in [0.717, 1.165) is 21.8 Å². The second-order valence-corrected chi connectivity index (χ2v) is 12.5. The van der Waals surface area contributed by atoms with Gasteiger partial charge in [-0.25, -0.2) is 4.98 Å². The Hall–Kier alpha value is -7.24. The molecule has 0 aliphatic heterocycles. The zero-order chi connectivity index (χ0) is 47.2. The zero-order valence-electron chi connectivity index (χ0n) is 41.3. The molecule has 256 valence electrons. The van der Waals surface area contributed by atoms with Crippen molar-refractivity contribution in [2.24, 2.45) is 0 Å². The average molecular weight is 708 g/mol. The van der Waals surface area contributed by atoms with Crippen LogP contribution in [0, 0.1) is 13.2 Å². The van der Waals surface area contributed by atoms with Crippen LogP contribution >= 0.6 is 0 Å². The van der Waals surface area contributed by atoms with E-state index in [-0.39, 0.29) is 33.5 Å². The van der Waals surface area contributed by atoms with Crippen LogP contribution in [-0.2, 0) is 0 Å². The van der Waals surface area contributed by atoms with Crippen LogP contribution in [-0.4, -0.2) is 14.1 Å². The Balaban J connectivity index is 1.15. The highest BCUT2D eigenvalue weighted by atomic mass is 16.5. The summed E-state index contributed by atoms with van der Waals surface area (Å²) in [5.41, 5.74) is 3.57. The summed E-state index contributed by atoms with van der Waals surface area (Å²) >= 11 is 0. The highest BCUT2D eigenvalue weighted by molar-refractivity contribution is 6.09. The summed E-state index contributed by atoms with van der Waals surface area (Å²) in [6.45, 7) is -2.34. The number of hydrogen-bond acceptors (Lipinski definition) is 2. The molecule has 0 spiro atoms. The van der Waals surface area contributed by atoms with Crippen molar-refractivity contribution in [3.63, 3.8) is 0 Å². The molecule has 0 saturated carbocycles. The minimum Gasteiger partial charge on any atom is -0.458 e. The quantitative estimate of drug-likeness (QED) is 0.122. The van der Waals surface area contributed by atoms with Crippen LogP contribution in [0.2, 0.25) is 0 Å². The Morgan fingerprint density at radius 1 is 0.630 bits per heavy atom. The van der Waals surface area contributed by atoms with Gasteiger partial charge >= 0.3 is 0 Å². The first-order valence-electron chi connectivity index (χ1n) is 23.6. The lowest BCUT2D eigenvalue weighted by Crippen LogP contribution is -2.31. The fourth-order valence-corrected chi connectivity index (χ4v) is 7.00. The van der Waals surface area contributed by atoms with Gasteiger partial charge in [-0.1, -0.05) is 127 Å². The van der Waals surface area contributed by atoms with Gasteiger partial charge in [-0.05, 0) is 83.2 Å². The predicted molar refractivity (Wildman–Crippen MR) is 218 cm³/mol. The van der Waals surface area contributed by atoms with Crippen molar-refractivity contribution < 1.29 is 27.1 Å². The molecule has 10 aromatic rings. The zero-order valence-corrected chi connectivity index (χ0v) is 28.3. The van der Waals surface area contributed by atoms with Gasteiger partial charge in [0.05, 0.1) is 47.1 Å². The number of hydrogen-bond donors (Lipinski definition) is 0. The van der Waals surface area contributed by atoms with Crippen LogP contribution in [0.3, 0.4) is 0 Å². The maximum absolute atomic E-state index is 8.97. The van der Waals surface area contributed by atoms with Gasteiger partial charge in [0.25, 0.3) is 6.33 Å². The third-order valence-electron chi connectivity index (χ3n) is 9.29. The van der Waals surface area contributed by atoms with Crippen molar-refractivity contribution in [3.05, 3.63) is 200 Å². The number of fused-ring (bicyclic) bond motifs is 4. The number of rotatable bonds is 7. The molecule has 5 nitrogen and oxygen atoms in total. The van der Waals surface area contributed by atoms with Crippen molar-refractivity contribution in [2.75, 3.05) is 0 Å². The molecule has 54 heavy (non-hydrogen) atoms. The topological polar surface area (TPSA) is 35.9 Å². The lowest BCUT2D eigenvalue weighted by atomic mass is 9.95. The monoisotopic (exact) mass is 707 g/mol. The Kier molecular flexibility index (Phi) is 5.01. The molecule has 3 heterocycles. The summed E-state index contributed by atoms with van der Waals surface area (Å²) in [5.74, 6) is 1.36. The molecular formula is C49H34N4O. The van der Waals surface area contributed by atoms with Crippen LogP contribution in [0.15, 0.2) is 188 Å². The first-order chi connectivity index (χ1) is 32.0. The molecule has 0 N–H and O–H groups in total. The number of nitrogens with zero attached hydrogens (tertiary/aromatic N) is 4. The van der Waals surface area contributed by atoms with Gasteiger partial charge in [0.2, 0.25) is 0 Å². The number of aromatic nitrogens is 4. The van der Waals surface area contributed by atoms with Gasteiger partial charge in [-0.3, -0.25) is 13.7 Å². The molecule has 7 aromatic carbocycles. The van der Waals surface area contributed by atoms with Crippen molar-refractivity contribution in [1.82, 2.24) is 14.1 Å². The van der Waals surface area contributed by atoms with Crippen LogP contribution < -0.4 is 9.30 Å². The van der Waals surface area contributed by atoms with Crippen LogP contribution in [0.4, 0.5) is 0 Å². The first kappa shape index (κ1) is 20.7. The molecule has 0 saturated heterocycles. The summed E-state index contributed by atoms with van der Waals surface area (Å²) in [6, 6.07) is 30.3. The van der Waals surface area contributed by atoms with Gasteiger partial charge in [0, 0.05) is 27.1 Å². The van der Waals surface area contributed by atoms with E-state index >= 15 is 0 Å². The van der Waals surface area contributed by atoms with Gasteiger partial charge in [0.1, 0.15) is 17.3 Å². The number of ether oxygens (including phenoxy) is 1. The van der Waals surface area contributed by atoms with Crippen molar-refractivity contribution >= 4 is 32.8 Å². The smallest absolute Gasteiger partial charge is 0.269 e. The molecule has 0 atom stereocenters. The molecular weight excluding hydrogens is 661 g/mol. The molecule has 5 heteroatoms. The third-order valence-corrected chi connectivity index (χ3v) is 9.29. The van der Waals surface area contributed by atoms with E-state index in [1.165, 1.54) is 12.3 Å². The largest absolute Gasteiger partial charge is 0.458 e. The third kappa shape index (κ3) is 5.42. The Labute approximate surface area is 331 Å². The van der Waals surface area contributed by atoms with Crippen LogP contribution in [0.25, 0.3) is 72.3 Å². The lowest BCUT2D eigenvalue weighted by molar-refractivity contribution is -0.571. The van der Waals surface area contributed by atoms with Crippen molar-refractivity contribution in [2.45, 2.75) is 6.85 Å². The van der Waals surface area contributed by atoms with E-state index in [9.17, 15) is 0 Å². The van der Waals surface area contributed by atoms with Crippen LogP contribution in [0.1, 0.15) is 23.4 Å².